The van der Waals surface area contributed by atoms with Crippen LogP contribution < -0.4 is 21.2 Å². The van der Waals surface area contributed by atoms with Crippen LogP contribution in [-0.4, -0.2) is 28.3 Å². The molecule has 0 fully saturated rings. The van der Waals surface area contributed by atoms with Crippen molar-refractivity contribution in [3.63, 3.8) is 0 Å². The van der Waals surface area contributed by atoms with Crippen molar-refractivity contribution in [2.75, 3.05) is 17.7 Å². The highest BCUT2D eigenvalue weighted by Crippen LogP contribution is 2.25. The third kappa shape index (κ3) is 3.66. The van der Waals surface area contributed by atoms with Gasteiger partial charge in [-0.05, 0) is 36.8 Å². The predicted molar refractivity (Wildman–Crippen MR) is 106 cm³/mol. The quantitative estimate of drug-likeness (QED) is 0.583. The molecule has 0 radical (unpaired) electrons. The van der Waals surface area contributed by atoms with E-state index in [9.17, 15) is 19.5 Å². The van der Waals surface area contributed by atoms with E-state index in [2.05, 4.69) is 5.32 Å². The summed E-state index contributed by atoms with van der Waals surface area (Å²) in [6.07, 6.45) is 1.85. The molecule has 144 valence electrons. The maximum Gasteiger partial charge on any atom is 0.341 e. The summed E-state index contributed by atoms with van der Waals surface area (Å²) in [5.41, 5.74) is 5.88. The summed E-state index contributed by atoms with van der Waals surface area (Å²) in [5, 5.41) is 12.1. The Kier molecular flexibility index (Phi) is 5.30. The summed E-state index contributed by atoms with van der Waals surface area (Å²) in [7, 11) is 0. The zero-order valence-corrected chi connectivity index (χ0v) is 15.1. The first-order valence-corrected chi connectivity index (χ1v) is 8.63. The molecule has 3 aromatic rings. The summed E-state index contributed by atoms with van der Waals surface area (Å²) in [6.45, 7) is 2.50. The van der Waals surface area contributed by atoms with Crippen LogP contribution in [0.2, 0.25) is 0 Å². The van der Waals surface area contributed by atoms with Crippen LogP contribution in [0.4, 0.5) is 16.2 Å². The molecule has 28 heavy (non-hydrogen) atoms. The minimum Gasteiger partial charge on any atom is -0.491 e. The number of para-hydroxylation sites is 1. The van der Waals surface area contributed by atoms with Crippen molar-refractivity contribution >= 4 is 34.3 Å². The number of rotatable bonds is 5. The van der Waals surface area contributed by atoms with Gasteiger partial charge < -0.3 is 20.9 Å². The molecule has 0 bridgehead atoms. The number of anilines is 2. The van der Waals surface area contributed by atoms with Gasteiger partial charge in [-0.3, -0.25) is 9.36 Å². The highest BCUT2D eigenvalue weighted by atomic mass is 16.5. The van der Waals surface area contributed by atoms with Crippen LogP contribution in [0.1, 0.15) is 23.7 Å². The number of ether oxygens (including phenoxy) is 1. The van der Waals surface area contributed by atoms with Gasteiger partial charge in [0, 0.05) is 17.3 Å². The third-order valence-electron chi connectivity index (χ3n) is 4.08. The number of hydrogen-bond donors (Lipinski definition) is 3. The van der Waals surface area contributed by atoms with Crippen molar-refractivity contribution in [1.82, 2.24) is 4.57 Å². The molecular weight excluding hydrogens is 362 g/mol. The fourth-order valence-electron chi connectivity index (χ4n) is 2.75. The number of carboxylic acids is 1. The van der Waals surface area contributed by atoms with Crippen molar-refractivity contribution in [1.29, 1.82) is 0 Å². The predicted octanol–water partition coefficient (Wildman–Crippen LogP) is 3.15. The van der Waals surface area contributed by atoms with Gasteiger partial charge in [-0.25, -0.2) is 9.59 Å². The average Bonchev–Trinajstić information content (AvgIpc) is 2.67. The molecule has 1 aromatic heterocycles. The van der Waals surface area contributed by atoms with E-state index in [4.69, 9.17) is 10.5 Å². The molecule has 4 N–H and O–H groups in total. The van der Waals surface area contributed by atoms with Crippen molar-refractivity contribution in [3.8, 4) is 5.75 Å². The number of amides is 1. The maximum absolute atomic E-state index is 12.8. The van der Waals surface area contributed by atoms with E-state index < -0.39 is 23.0 Å². The number of nitrogens with two attached hydrogens (primary N) is 1. The number of carbonyl (C=O) groups excluding carboxylic acids is 1. The first kappa shape index (κ1) is 19.0. The molecule has 0 saturated carbocycles. The molecule has 1 amide bonds. The zero-order valence-electron chi connectivity index (χ0n) is 15.1. The van der Waals surface area contributed by atoms with Crippen LogP contribution in [0.5, 0.6) is 5.75 Å². The third-order valence-corrected chi connectivity index (χ3v) is 4.08. The number of carbonyl (C=O) groups is 2. The molecule has 1 heterocycles. The summed E-state index contributed by atoms with van der Waals surface area (Å²) < 4.78 is 6.60. The maximum atomic E-state index is 12.8. The van der Waals surface area contributed by atoms with E-state index in [1.807, 2.05) is 6.92 Å². The van der Waals surface area contributed by atoms with Crippen LogP contribution >= 0.6 is 0 Å². The largest absolute Gasteiger partial charge is 0.491 e. The highest BCUT2D eigenvalue weighted by Gasteiger charge is 2.17. The van der Waals surface area contributed by atoms with Gasteiger partial charge in [-0.1, -0.05) is 19.1 Å². The molecule has 8 heteroatoms. The molecule has 0 aliphatic heterocycles. The SMILES string of the molecule is CCCOc1ccc(NC(=O)n2cc(C(=O)O)c(=O)c3ccccc32)cc1N. The Morgan fingerprint density at radius 1 is 1.21 bits per heavy atom. The van der Waals surface area contributed by atoms with Crippen molar-refractivity contribution in [3.05, 3.63) is 64.4 Å². The first-order valence-electron chi connectivity index (χ1n) is 8.63. The summed E-state index contributed by atoms with van der Waals surface area (Å²) in [4.78, 5) is 36.5. The van der Waals surface area contributed by atoms with Gasteiger partial charge in [0.25, 0.3) is 0 Å². The van der Waals surface area contributed by atoms with E-state index in [-0.39, 0.29) is 5.39 Å². The minimum atomic E-state index is -1.40. The number of nitrogens with one attached hydrogen (secondary N) is 1. The standard InChI is InChI=1S/C20H19N3O5/c1-2-9-28-17-8-7-12(10-15(17)21)22-20(27)23-11-14(19(25)26)18(24)13-5-3-4-6-16(13)23/h3-8,10-11H,2,9,21H2,1H3,(H,22,27)(H,25,26). The Balaban J connectivity index is 1.98. The molecule has 0 spiro atoms. The number of carboxylic acid groups (broad SMARTS) is 1. The number of aromatic carboxylic acids is 1. The minimum absolute atomic E-state index is 0.139. The Bertz CT molecular complexity index is 1120. The topological polar surface area (TPSA) is 124 Å². The van der Waals surface area contributed by atoms with E-state index in [0.717, 1.165) is 17.2 Å². The average molecular weight is 381 g/mol. The van der Waals surface area contributed by atoms with Crippen LogP contribution in [-0.2, 0) is 0 Å². The normalized spacial score (nSPS) is 10.6. The number of aromatic nitrogens is 1. The zero-order chi connectivity index (χ0) is 20.3. The van der Waals surface area contributed by atoms with Gasteiger partial charge in [-0.2, -0.15) is 0 Å². The fourth-order valence-corrected chi connectivity index (χ4v) is 2.75. The van der Waals surface area contributed by atoms with Gasteiger partial charge in [-0.15, -0.1) is 0 Å². The van der Waals surface area contributed by atoms with Crippen LogP contribution in [0.15, 0.2) is 53.5 Å². The van der Waals surface area contributed by atoms with E-state index in [0.29, 0.717) is 29.2 Å². The monoisotopic (exact) mass is 381 g/mol. The highest BCUT2D eigenvalue weighted by molar-refractivity contribution is 6.01. The molecule has 0 unspecified atom stereocenters. The molecule has 8 nitrogen and oxygen atoms in total. The van der Waals surface area contributed by atoms with E-state index in [1.165, 1.54) is 6.07 Å². The second-order valence-electron chi connectivity index (χ2n) is 6.10. The van der Waals surface area contributed by atoms with E-state index >= 15 is 0 Å². The van der Waals surface area contributed by atoms with Gasteiger partial charge in [0.05, 0.1) is 17.8 Å². The fraction of sp³-hybridized carbons (Fsp3) is 0.150. The molecule has 0 saturated heterocycles. The lowest BCUT2D eigenvalue weighted by molar-refractivity contribution is 0.0695. The first-order chi connectivity index (χ1) is 13.4. The molecule has 0 aliphatic carbocycles. The van der Waals surface area contributed by atoms with Gasteiger partial charge >= 0.3 is 12.0 Å². The number of pyridine rings is 1. The Morgan fingerprint density at radius 3 is 2.64 bits per heavy atom. The second-order valence-corrected chi connectivity index (χ2v) is 6.10. The number of fused-ring (bicyclic) bond motifs is 1. The Morgan fingerprint density at radius 2 is 1.96 bits per heavy atom. The molecule has 3 rings (SSSR count). The Hall–Kier alpha value is -3.81. The lowest BCUT2D eigenvalue weighted by Crippen LogP contribution is -2.25. The molecule has 0 aliphatic rings. The number of hydrogen-bond acceptors (Lipinski definition) is 5. The van der Waals surface area contributed by atoms with Gasteiger partial charge in [0.15, 0.2) is 0 Å². The molecule has 2 aromatic carbocycles. The summed E-state index contributed by atoms with van der Waals surface area (Å²) >= 11 is 0. The van der Waals surface area contributed by atoms with Crippen molar-refractivity contribution < 1.29 is 19.4 Å². The number of nitrogens with zero attached hydrogens (tertiary/aromatic N) is 1. The second kappa shape index (κ2) is 7.83. The summed E-state index contributed by atoms with van der Waals surface area (Å²) in [5.74, 6) is -0.888. The van der Waals surface area contributed by atoms with Crippen molar-refractivity contribution in [2.45, 2.75) is 13.3 Å². The number of nitrogen functional groups attached to an aromatic ring is 1. The van der Waals surface area contributed by atoms with Gasteiger partial charge in [0.2, 0.25) is 5.43 Å². The summed E-state index contributed by atoms with van der Waals surface area (Å²) in [6, 6.07) is 10.5. The van der Waals surface area contributed by atoms with Crippen LogP contribution in [0.25, 0.3) is 10.9 Å². The molecule has 0 atom stereocenters. The van der Waals surface area contributed by atoms with Crippen molar-refractivity contribution in [2.24, 2.45) is 0 Å². The lowest BCUT2D eigenvalue weighted by atomic mass is 10.1. The molecular formula is C20H19N3O5. The number of benzene rings is 2. The van der Waals surface area contributed by atoms with E-state index in [1.54, 1.807) is 36.4 Å². The van der Waals surface area contributed by atoms with Gasteiger partial charge in [0.1, 0.15) is 11.3 Å². The van der Waals surface area contributed by atoms with Crippen LogP contribution in [0, 0.1) is 0 Å². The Labute approximate surface area is 160 Å². The van der Waals surface area contributed by atoms with Crippen LogP contribution in [0.3, 0.4) is 0 Å². The lowest BCUT2D eigenvalue weighted by Gasteiger charge is -2.14. The smallest absolute Gasteiger partial charge is 0.341 e.